The zero-order valence-corrected chi connectivity index (χ0v) is 55.0. The quantitative estimate of drug-likeness (QED) is 0.0439. The maximum absolute atomic E-state index is 15.7. The fourth-order valence-corrected chi connectivity index (χ4v) is 19.1. The minimum absolute atomic E-state index is 0.0761. The van der Waals surface area contributed by atoms with Crippen molar-refractivity contribution in [2.45, 2.75) is 304 Å². The van der Waals surface area contributed by atoms with E-state index in [2.05, 4.69) is 33.8 Å². The van der Waals surface area contributed by atoms with Crippen LogP contribution in [0.3, 0.4) is 0 Å². The molecule has 95 heavy (non-hydrogen) atoms. The standard InChI is InChI=1S/C64H104O31/c1-23-34(71)38(75)41(78)53(86-23)91-47-31(70)21-84-52(44(47)81)90-46-25(3)88-56(45(82)48(46)92-54-42(79)39(76)35(72)24(2)87-54)93-49-36(73)30(69)20-85-57(49)95-58(83)64-14-12-59(4,5)16-27(64)26-10-11-33-60(6)17-29(68)51(94-55-43(80)40(77)37(74)32(19-65)89-55)61(7,22-66)50(60)28(67)18-63(33,9)62(26,8)13-15-64/h10,23-25,27-57,65-82H,11-22H2,1-9H3/t23-,24-,25-,27-,28+,29-,30+,31+,32+,33+,34-,35-,36-,37+,38+,39+,40-,41+,42+,43+,44+,45+,46-,47-,48-,49+,50+,51-,52+,53-,54-,55-,56-,57-,60+,61-,62+,63+,64-/m0/s1. The maximum atomic E-state index is 15.7. The normalized spacial score (nSPS) is 56.4. The molecule has 0 aromatic heterocycles. The second-order valence-corrected chi connectivity index (χ2v) is 31.1. The van der Waals surface area contributed by atoms with Crippen molar-refractivity contribution in [2.75, 3.05) is 26.4 Å². The molecule has 6 saturated heterocycles. The number of aliphatic hydroxyl groups excluding tert-OH is 18. The van der Waals surface area contributed by atoms with Crippen LogP contribution in [0, 0.1) is 50.2 Å². The van der Waals surface area contributed by atoms with E-state index in [1.807, 2.05) is 6.92 Å². The molecular formula is C64H104O31. The van der Waals surface area contributed by atoms with Gasteiger partial charge in [-0.3, -0.25) is 4.79 Å². The van der Waals surface area contributed by atoms with E-state index in [0.29, 0.717) is 32.1 Å². The van der Waals surface area contributed by atoms with Crippen LogP contribution in [-0.2, 0) is 61.6 Å². The maximum Gasteiger partial charge on any atom is 0.315 e. The Labute approximate surface area is 550 Å². The van der Waals surface area contributed by atoms with Gasteiger partial charge in [0.25, 0.3) is 0 Å². The lowest BCUT2D eigenvalue weighted by Gasteiger charge is -2.72. The van der Waals surface area contributed by atoms with Crippen molar-refractivity contribution in [1.82, 2.24) is 0 Å². The third-order valence-corrected chi connectivity index (χ3v) is 24.7. The van der Waals surface area contributed by atoms with Gasteiger partial charge in [0.1, 0.15) is 110 Å². The average Bonchev–Trinajstić information content (AvgIpc) is 0.669. The van der Waals surface area contributed by atoms with Gasteiger partial charge in [-0.1, -0.05) is 53.2 Å². The zero-order chi connectivity index (χ0) is 69.5. The summed E-state index contributed by atoms with van der Waals surface area (Å²) in [5.74, 6) is -2.09. The van der Waals surface area contributed by atoms with Crippen molar-refractivity contribution in [3.8, 4) is 0 Å². The van der Waals surface area contributed by atoms with Gasteiger partial charge in [0.05, 0.1) is 68.5 Å². The molecule has 0 aromatic carbocycles. The summed E-state index contributed by atoms with van der Waals surface area (Å²) in [4.78, 5) is 15.7. The number of allylic oxidation sites excluding steroid dienone is 2. The molecule has 0 spiro atoms. The highest BCUT2D eigenvalue weighted by Crippen LogP contribution is 2.76. The van der Waals surface area contributed by atoms with Crippen LogP contribution in [0.2, 0.25) is 0 Å². The number of carbonyl (C=O) groups is 1. The fraction of sp³-hybridized carbons (Fsp3) is 0.953. The SMILES string of the molecule is C[C@@H]1O[C@@H](O[C@@H]2[C@@H](O)[C@@H](O[C@@H]3[C@@H](O[C@@H]4O[C@@H](C)[C@H](O)[C@@H](O)[C@H]4O)[C@@H](O)[C@H](O[C@H]4[C@H](OC(=O)[C@]56CCC(C)(C)C[C@H]5C5=CC[C@@H]7[C@@]8(C)C[C@H](O)[C@H](O[C@@H]9O[C@H](CO)[C@@H](O)[C@H](O)[C@H]9O)[C@@](C)(CO)[C@@H]8[C@H](O)C[C@@]7(C)[C@]5(C)CC6)OC[C@@H](O)[C@@H]4O)O[C@H]3C)OC[C@H]2O)[C@H](O)[C@H](O)[C@H]1O. The molecule has 31 heteroatoms. The summed E-state index contributed by atoms with van der Waals surface area (Å²) >= 11 is 0. The Morgan fingerprint density at radius 2 is 1.00 bits per heavy atom. The summed E-state index contributed by atoms with van der Waals surface area (Å²) in [5, 5.41) is 201. The van der Waals surface area contributed by atoms with Crippen LogP contribution in [0.4, 0.5) is 0 Å². The molecule has 0 radical (unpaired) electrons. The summed E-state index contributed by atoms with van der Waals surface area (Å²) in [5.41, 5.74) is -4.17. The largest absolute Gasteiger partial charge is 0.432 e. The van der Waals surface area contributed by atoms with Crippen molar-refractivity contribution >= 4 is 5.97 Å². The lowest BCUT2D eigenvalue weighted by molar-refractivity contribution is -0.395. The van der Waals surface area contributed by atoms with Gasteiger partial charge in [-0.15, -0.1) is 0 Å². The van der Waals surface area contributed by atoms with Crippen LogP contribution >= 0.6 is 0 Å². The summed E-state index contributed by atoms with van der Waals surface area (Å²) in [6.07, 6.45) is -45.6. The summed E-state index contributed by atoms with van der Waals surface area (Å²) in [7, 11) is 0. The third-order valence-electron chi connectivity index (χ3n) is 24.7. The van der Waals surface area contributed by atoms with E-state index in [0.717, 1.165) is 5.57 Å². The molecule has 11 aliphatic rings. The first-order chi connectivity index (χ1) is 44.4. The number of fused-ring (bicyclic) bond motifs is 7. The van der Waals surface area contributed by atoms with Gasteiger partial charge in [0, 0.05) is 11.3 Å². The Kier molecular flexibility index (Phi) is 21.4. The number of ether oxygens (including phenoxy) is 12. The minimum Gasteiger partial charge on any atom is -0.432 e. The van der Waals surface area contributed by atoms with E-state index < -0.39 is 262 Å². The van der Waals surface area contributed by atoms with E-state index in [4.69, 9.17) is 56.8 Å². The van der Waals surface area contributed by atoms with Gasteiger partial charge >= 0.3 is 5.97 Å². The minimum atomic E-state index is -2.08. The first-order valence-corrected chi connectivity index (χ1v) is 33.6. The number of hydrogen-bond donors (Lipinski definition) is 18. The number of rotatable bonds is 14. The van der Waals surface area contributed by atoms with Crippen LogP contribution < -0.4 is 0 Å². The van der Waals surface area contributed by atoms with Crippen molar-refractivity contribution < 1.29 is 154 Å². The average molecular weight is 1370 g/mol. The second kappa shape index (κ2) is 27.3. The predicted octanol–water partition coefficient (Wildman–Crippen LogP) is -5.11. The highest BCUT2D eigenvalue weighted by atomic mass is 16.8. The molecule has 31 nitrogen and oxygen atoms in total. The lowest BCUT2D eigenvalue weighted by atomic mass is 9.33. The Balaban J connectivity index is 0.843. The Morgan fingerprint density at radius 3 is 1.61 bits per heavy atom. The molecule has 546 valence electrons. The molecule has 5 aliphatic carbocycles. The second-order valence-electron chi connectivity index (χ2n) is 31.1. The van der Waals surface area contributed by atoms with Gasteiger partial charge in [-0.2, -0.15) is 0 Å². The van der Waals surface area contributed by atoms with Crippen molar-refractivity contribution in [3.05, 3.63) is 11.6 Å². The molecule has 0 aromatic rings. The van der Waals surface area contributed by atoms with Gasteiger partial charge in [-0.05, 0) is 106 Å². The summed E-state index contributed by atoms with van der Waals surface area (Å²) in [6.45, 7) is 14.1. The first kappa shape index (κ1) is 74.2. The molecule has 18 N–H and O–H groups in total. The third kappa shape index (κ3) is 12.5. The van der Waals surface area contributed by atoms with Gasteiger partial charge in [0.15, 0.2) is 37.6 Å². The van der Waals surface area contributed by atoms with E-state index in [1.165, 1.54) is 20.8 Å². The van der Waals surface area contributed by atoms with Crippen molar-refractivity contribution in [2.24, 2.45) is 50.2 Å². The van der Waals surface area contributed by atoms with Crippen molar-refractivity contribution in [1.29, 1.82) is 0 Å². The molecule has 0 amide bonds. The van der Waals surface area contributed by atoms with E-state index in [-0.39, 0.29) is 30.6 Å². The monoisotopic (exact) mass is 1370 g/mol. The molecule has 39 atom stereocenters. The molecule has 0 unspecified atom stereocenters. The zero-order valence-electron chi connectivity index (χ0n) is 55.0. The topological polar surface area (TPSA) is 492 Å². The van der Waals surface area contributed by atoms with Gasteiger partial charge in [-0.25, -0.2) is 0 Å². The Bertz CT molecular complexity index is 2700. The molecule has 4 saturated carbocycles. The predicted molar refractivity (Wildman–Crippen MR) is 316 cm³/mol. The first-order valence-electron chi connectivity index (χ1n) is 33.6. The Morgan fingerprint density at radius 1 is 0.484 bits per heavy atom. The lowest BCUT2D eigenvalue weighted by Crippen LogP contribution is -2.72. The Hall–Kier alpha value is -1.95. The van der Waals surface area contributed by atoms with Crippen LogP contribution in [-0.4, -0.2) is 315 Å². The number of carbonyl (C=O) groups excluding carboxylic acids is 1. The summed E-state index contributed by atoms with van der Waals surface area (Å²) < 4.78 is 72.4. The fourth-order valence-electron chi connectivity index (χ4n) is 19.1. The van der Waals surface area contributed by atoms with E-state index in [1.54, 1.807) is 6.92 Å². The highest BCUT2D eigenvalue weighted by Gasteiger charge is 2.74. The number of hydrogen-bond acceptors (Lipinski definition) is 31. The molecule has 0 bridgehead atoms. The van der Waals surface area contributed by atoms with E-state index in [9.17, 15) is 91.9 Å². The molecule has 10 fully saturated rings. The van der Waals surface area contributed by atoms with Gasteiger partial charge in [0.2, 0.25) is 6.29 Å². The molecule has 6 aliphatic heterocycles. The number of aliphatic hydroxyl groups is 18. The highest BCUT2D eigenvalue weighted by molar-refractivity contribution is 5.79. The number of esters is 1. The van der Waals surface area contributed by atoms with Gasteiger partial charge < -0.3 is 149 Å². The van der Waals surface area contributed by atoms with Crippen LogP contribution in [0.5, 0.6) is 0 Å². The smallest absolute Gasteiger partial charge is 0.315 e. The van der Waals surface area contributed by atoms with Crippen LogP contribution in [0.25, 0.3) is 0 Å². The van der Waals surface area contributed by atoms with Crippen molar-refractivity contribution in [3.63, 3.8) is 0 Å². The summed E-state index contributed by atoms with van der Waals surface area (Å²) in [6, 6.07) is 0. The molecule has 6 heterocycles. The molecular weight excluding hydrogens is 1260 g/mol. The van der Waals surface area contributed by atoms with E-state index >= 15 is 4.79 Å². The van der Waals surface area contributed by atoms with Crippen LogP contribution in [0.15, 0.2) is 11.6 Å². The van der Waals surface area contributed by atoms with Crippen LogP contribution in [0.1, 0.15) is 114 Å². The molecule has 11 rings (SSSR count).